The van der Waals surface area contributed by atoms with Gasteiger partial charge in [-0.15, -0.1) is 0 Å². The van der Waals surface area contributed by atoms with Crippen molar-refractivity contribution >= 4 is 11.6 Å². The Balaban J connectivity index is 1.93. The second kappa shape index (κ2) is 7.63. The fourth-order valence-electron chi connectivity index (χ4n) is 2.86. The number of benzene rings is 1. The van der Waals surface area contributed by atoms with Gasteiger partial charge in [-0.05, 0) is 63.3 Å². The molecule has 1 aliphatic rings. The first-order chi connectivity index (χ1) is 10.6. The molecule has 0 aromatic heterocycles. The molecule has 0 radical (unpaired) electrons. The van der Waals surface area contributed by atoms with Crippen LogP contribution in [0.5, 0.6) is 5.75 Å². The normalized spacial score (nSPS) is 18.0. The highest BCUT2D eigenvalue weighted by molar-refractivity contribution is 5.97. The molecule has 1 amide bonds. The van der Waals surface area contributed by atoms with Gasteiger partial charge in [0.2, 0.25) is 0 Å². The van der Waals surface area contributed by atoms with Crippen molar-refractivity contribution in [3.63, 3.8) is 0 Å². The van der Waals surface area contributed by atoms with Crippen LogP contribution in [0.15, 0.2) is 24.3 Å². The third-order valence-corrected chi connectivity index (χ3v) is 4.38. The summed E-state index contributed by atoms with van der Waals surface area (Å²) in [6.45, 7) is 3.86. The van der Waals surface area contributed by atoms with Gasteiger partial charge in [0.15, 0.2) is 0 Å². The van der Waals surface area contributed by atoms with Gasteiger partial charge in [0.1, 0.15) is 11.4 Å². The van der Waals surface area contributed by atoms with E-state index in [0.29, 0.717) is 12.5 Å². The summed E-state index contributed by atoms with van der Waals surface area (Å²) in [7, 11) is 1.58. The molecular formula is C18H27NO3. The lowest BCUT2D eigenvalue weighted by molar-refractivity contribution is -0.136. The number of anilines is 1. The van der Waals surface area contributed by atoms with Crippen LogP contribution in [0.2, 0.25) is 0 Å². The van der Waals surface area contributed by atoms with E-state index >= 15 is 0 Å². The Bertz CT molecular complexity index is 480. The van der Waals surface area contributed by atoms with E-state index in [2.05, 4.69) is 5.32 Å². The Morgan fingerprint density at radius 1 is 1.27 bits per heavy atom. The number of hydrogen-bond donors (Lipinski definition) is 1. The Morgan fingerprint density at radius 2 is 1.91 bits per heavy atom. The molecule has 0 aliphatic heterocycles. The lowest BCUT2D eigenvalue weighted by atomic mass is 9.99. The lowest BCUT2D eigenvalue weighted by Crippen LogP contribution is -2.41. The standard InChI is InChI=1S/C18H27NO3/c1-4-13-18(2,21-3)17(20)19-14-9-11-16(12-10-14)22-15-7-5-6-8-15/h9-12,15H,4-8,13H2,1-3H3,(H,19,20)/t18-/m1/s1. The first-order valence-electron chi connectivity index (χ1n) is 8.20. The number of carbonyl (C=O) groups is 1. The van der Waals surface area contributed by atoms with Crippen LogP contribution in [-0.2, 0) is 9.53 Å². The van der Waals surface area contributed by atoms with Crippen molar-refractivity contribution < 1.29 is 14.3 Å². The van der Waals surface area contributed by atoms with Crippen molar-refractivity contribution in [2.45, 2.75) is 64.1 Å². The zero-order chi connectivity index (χ0) is 16.0. The molecule has 1 N–H and O–H groups in total. The number of nitrogens with one attached hydrogen (secondary N) is 1. The third-order valence-electron chi connectivity index (χ3n) is 4.38. The average molecular weight is 305 g/mol. The van der Waals surface area contributed by atoms with Gasteiger partial charge in [0.05, 0.1) is 6.10 Å². The van der Waals surface area contributed by atoms with E-state index in [1.54, 1.807) is 7.11 Å². The summed E-state index contributed by atoms with van der Waals surface area (Å²) in [6, 6.07) is 7.59. The molecule has 1 aromatic rings. The van der Waals surface area contributed by atoms with Crippen molar-refractivity contribution in [2.24, 2.45) is 0 Å². The highest BCUT2D eigenvalue weighted by Crippen LogP contribution is 2.25. The summed E-state index contributed by atoms with van der Waals surface area (Å²) < 4.78 is 11.3. The molecule has 0 heterocycles. The quantitative estimate of drug-likeness (QED) is 0.823. The first-order valence-corrected chi connectivity index (χ1v) is 8.20. The highest BCUT2D eigenvalue weighted by atomic mass is 16.5. The molecule has 0 bridgehead atoms. The van der Waals surface area contributed by atoms with Crippen molar-refractivity contribution in [1.29, 1.82) is 0 Å². The van der Waals surface area contributed by atoms with Gasteiger partial charge < -0.3 is 14.8 Å². The number of ether oxygens (including phenoxy) is 2. The van der Waals surface area contributed by atoms with E-state index in [9.17, 15) is 4.79 Å². The van der Waals surface area contributed by atoms with E-state index < -0.39 is 5.60 Å². The first kappa shape index (κ1) is 16.8. The molecule has 1 aromatic carbocycles. The number of rotatable bonds is 7. The third kappa shape index (κ3) is 4.23. The van der Waals surface area contributed by atoms with Gasteiger partial charge in [0.25, 0.3) is 5.91 Å². The highest BCUT2D eigenvalue weighted by Gasteiger charge is 2.32. The number of hydrogen-bond acceptors (Lipinski definition) is 3. The second-order valence-corrected chi connectivity index (χ2v) is 6.19. The topological polar surface area (TPSA) is 47.6 Å². The molecule has 4 heteroatoms. The lowest BCUT2D eigenvalue weighted by Gasteiger charge is -2.26. The van der Waals surface area contributed by atoms with E-state index in [-0.39, 0.29) is 5.91 Å². The van der Waals surface area contributed by atoms with Crippen LogP contribution < -0.4 is 10.1 Å². The summed E-state index contributed by atoms with van der Waals surface area (Å²) in [6.07, 6.45) is 6.73. The van der Waals surface area contributed by atoms with Crippen LogP contribution in [-0.4, -0.2) is 24.7 Å². The maximum Gasteiger partial charge on any atom is 0.256 e. The van der Waals surface area contributed by atoms with Crippen LogP contribution in [0.3, 0.4) is 0 Å². The Hall–Kier alpha value is -1.55. The van der Waals surface area contributed by atoms with Gasteiger partial charge in [-0.3, -0.25) is 4.79 Å². The molecule has 2 rings (SSSR count). The van der Waals surface area contributed by atoms with Gasteiger partial charge >= 0.3 is 0 Å². The van der Waals surface area contributed by atoms with Crippen LogP contribution in [0.1, 0.15) is 52.4 Å². The van der Waals surface area contributed by atoms with E-state index in [1.165, 1.54) is 12.8 Å². The van der Waals surface area contributed by atoms with Crippen molar-refractivity contribution in [3.8, 4) is 5.75 Å². The maximum absolute atomic E-state index is 12.4. The van der Waals surface area contributed by atoms with Crippen LogP contribution >= 0.6 is 0 Å². The molecule has 122 valence electrons. The summed E-state index contributed by atoms with van der Waals surface area (Å²) in [4.78, 5) is 12.4. The molecule has 1 atom stereocenters. The van der Waals surface area contributed by atoms with E-state index in [0.717, 1.165) is 30.7 Å². The Kier molecular flexibility index (Phi) is 5.83. The molecule has 1 saturated carbocycles. The van der Waals surface area contributed by atoms with Crippen LogP contribution in [0.4, 0.5) is 5.69 Å². The molecule has 0 saturated heterocycles. The predicted octanol–water partition coefficient (Wildman–Crippen LogP) is 4.15. The minimum atomic E-state index is -0.784. The van der Waals surface area contributed by atoms with E-state index in [4.69, 9.17) is 9.47 Å². The van der Waals surface area contributed by atoms with Crippen molar-refractivity contribution in [3.05, 3.63) is 24.3 Å². The van der Waals surface area contributed by atoms with Gasteiger partial charge in [-0.1, -0.05) is 13.3 Å². The monoisotopic (exact) mass is 305 g/mol. The summed E-state index contributed by atoms with van der Waals surface area (Å²) in [5.41, 5.74) is -0.0172. The van der Waals surface area contributed by atoms with Crippen molar-refractivity contribution in [1.82, 2.24) is 0 Å². The molecular weight excluding hydrogens is 278 g/mol. The van der Waals surface area contributed by atoms with Crippen LogP contribution in [0.25, 0.3) is 0 Å². The van der Waals surface area contributed by atoms with Gasteiger partial charge in [-0.2, -0.15) is 0 Å². The zero-order valence-corrected chi connectivity index (χ0v) is 13.9. The average Bonchev–Trinajstić information content (AvgIpc) is 3.02. The minimum Gasteiger partial charge on any atom is -0.490 e. The molecule has 1 aliphatic carbocycles. The largest absolute Gasteiger partial charge is 0.490 e. The SMILES string of the molecule is CCC[C@@](C)(OC)C(=O)Nc1ccc(OC2CCCC2)cc1. The number of carbonyl (C=O) groups excluding carboxylic acids is 1. The fraction of sp³-hybridized carbons (Fsp3) is 0.611. The molecule has 22 heavy (non-hydrogen) atoms. The molecule has 0 spiro atoms. The molecule has 1 fully saturated rings. The second-order valence-electron chi connectivity index (χ2n) is 6.19. The van der Waals surface area contributed by atoms with Crippen molar-refractivity contribution in [2.75, 3.05) is 12.4 Å². The molecule has 4 nitrogen and oxygen atoms in total. The van der Waals surface area contributed by atoms with E-state index in [1.807, 2.05) is 38.1 Å². The fourth-order valence-corrected chi connectivity index (χ4v) is 2.86. The zero-order valence-electron chi connectivity index (χ0n) is 13.9. The maximum atomic E-state index is 12.4. The summed E-state index contributed by atoms with van der Waals surface area (Å²) in [5.74, 6) is 0.759. The number of methoxy groups -OCH3 is 1. The summed E-state index contributed by atoms with van der Waals surface area (Å²) >= 11 is 0. The van der Waals surface area contributed by atoms with Crippen LogP contribution in [0, 0.1) is 0 Å². The molecule has 0 unspecified atom stereocenters. The summed E-state index contributed by atoms with van der Waals surface area (Å²) in [5, 5.41) is 2.92. The number of amides is 1. The smallest absolute Gasteiger partial charge is 0.256 e. The predicted molar refractivity (Wildman–Crippen MR) is 88.3 cm³/mol. The van der Waals surface area contributed by atoms with Gasteiger partial charge in [0, 0.05) is 12.8 Å². The Labute approximate surface area is 133 Å². The van der Waals surface area contributed by atoms with Gasteiger partial charge in [-0.25, -0.2) is 0 Å². The minimum absolute atomic E-state index is 0.110. The Morgan fingerprint density at radius 3 is 2.45 bits per heavy atom.